The fraction of sp³-hybridized carbons (Fsp3) is 1.00. The zero-order valence-corrected chi connectivity index (χ0v) is 10.7. The van der Waals surface area contributed by atoms with Gasteiger partial charge in [0.05, 0.1) is 13.2 Å². The van der Waals surface area contributed by atoms with Crippen LogP contribution in [0.25, 0.3) is 0 Å². The van der Waals surface area contributed by atoms with Crippen LogP contribution in [0.5, 0.6) is 0 Å². The molecule has 3 heteroatoms. The van der Waals surface area contributed by atoms with Crippen LogP contribution in [-0.2, 0) is 4.74 Å². The molecule has 2 heterocycles. The van der Waals surface area contributed by atoms with Crippen molar-refractivity contribution < 1.29 is 9.84 Å². The van der Waals surface area contributed by atoms with Crippen molar-refractivity contribution in [3.05, 3.63) is 0 Å². The van der Waals surface area contributed by atoms with E-state index in [9.17, 15) is 5.11 Å². The largest absolute Gasteiger partial charge is 0.396 e. The third-order valence-electron chi connectivity index (χ3n) is 4.34. The van der Waals surface area contributed by atoms with Gasteiger partial charge in [0.2, 0.25) is 0 Å². The van der Waals surface area contributed by atoms with E-state index >= 15 is 0 Å². The van der Waals surface area contributed by atoms with Gasteiger partial charge in [-0.05, 0) is 46.1 Å². The second-order valence-corrected chi connectivity index (χ2v) is 6.15. The van der Waals surface area contributed by atoms with Gasteiger partial charge in [-0.15, -0.1) is 0 Å². The molecule has 0 spiro atoms. The van der Waals surface area contributed by atoms with E-state index in [1.165, 1.54) is 19.4 Å². The fourth-order valence-electron chi connectivity index (χ4n) is 3.07. The first kappa shape index (κ1) is 12.3. The zero-order valence-electron chi connectivity index (χ0n) is 10.7. The second kappa shape index (κ2) is 4.63. The van der Waals surface area contributed by atoms with E-state index in [0.717, 1.165) is 32.6 Å². The summed E-state index contributed by atoms with van der Waals surface area (Å²) in [5.74, 6) is 0. The van der Waals surface area contributed by atoms with Crippen LogP contribution >= 0.6 is 0 Å². The highest BCUT2D eigenvalue weighted by Crippen LogP contribution is 2.35. The molecular weight excluding hydrogens is 202 g/mol. The molecule has 0 amide bonds. The number of rotatable bonds is 3. The molecule has 1 atom stereocenters. The maximum Gasteiger partial charge on any atom is 0.0556 e. The lowest BCUT2D eigenvalue weighted by molar-refractivity contribution is -0.0628. The highest BCUT2D eigenvalue weighted by molar-refractivity contribution is 4.93. The zero-order chi connectivity index (χ0) is 11.6. The first-order valence-corrected chi connectivity index (χ1v) is 6.52. The molecule has 0 radical (unpaired) electrons. The summed E-state index contributed by atoms with van der Waals surface area (Å²) < 4.78 is 5.57. The van der Waals surface area contributed by atoms with Crippen LogP contribution in [0.2, 0.25) is 0 Å². The van der Waals surface area contributed by atoms with Crippen molar-refractivity contribution in [2.45, 2.75) is 45.1 Å². The van der Waals surface area contributed by atoms with E-state index in [0.29, 0.717) is 5.54 Å². The molecular formula is C13H25NO2. The number of aliphatic hydroxyl groups is 1. The molecule has 94 valence electrons. The molecule has 0 aliphatic carbocycles. The van der Waals surface area contributed by atoms with Crippen molar-refractivity contribution >= 4 is 0 Å². The molecule has 0 aromatic rings. The summed E-state index contributed by atoms with van der Waals surface area (Å²) in [4.78, 5) is 2.54. The molecule has 2 saturated heterocycles. The summed E-state index contributed by atoms with van der Waals surface area (Å²) in [6.07, 6.45) is 4.76. The molecule has 0 aromatic heterocycles. The van der Waals surface area contributed by atoms with Crippen LogP contribution in [0.3, 0.4) is 0 Å². The van der Waals surface area contributed by atoms with Crippen molar-refractivity contribution in [3.8, 4) is 0 Å². The average molecular weight is 227 g/mol. The van der Waals surface area contributed by atoms with E-state index in [-0.39, 0.29) is 12.0 Å². The molecule has 16 heavy (non-hydrogen) atoms. The Morgan fingerprint density at radius 2 is 2.06 bits per heavy atom. The second-order valence-electron chi connectivity index (χ2n) is 6.15. The monoisotopic (exact) mass is 227 g/mol. The predicted octanol–water partition coefficient (Wildman–Crippen LogP) is 1.65. The van der Waals surface area contributed by atoms with Crippen LogP contribution in [0.1, 0.15) is 39.5 Å². The van der Waals surface area contributed by atoms with Gasteiger partial charge in [-0.2, -0.15) is 0 Å². The number of hydrogen-bond acceptors (Lipinski definition) is 3. The number of ether oxygens (including phenoxy) is 1. The topological polar surface area (TPSA) is 32.7 Å². The Labute approximate surface area is 98.8 Å². The smallest absolute Gasteiger partial charge is 0.0556 e. The lowest BCUT2D eigenvalue weighted by Gasteiger charge is -2.42. The number of aliphatic hydroxyl groups excluding tert-OH is 1. The highest BCUT2D eigenvalue weighted by atomic mass is 16.5. The van der Waals surface area contributed by atoms with E-state index in [2.05, 4.69) is 18.7 Å². The summed E-state index contributed by atoms with van der Waals surface area (Å²) in [6.45, 7) is 8.66. The summed E-state index contributed by atoms with van der Waals surface area (Å²) in [7, 11) is 0. The first-order valence-electron chi connectivity index (χ1n) is 6.52. The molecule has 0 saturated carbocycles. The summed E-state index contributed by atoms with van der Waals surface area (Å²) in [5, 5.41) is 9.67. The van der Waals surface area contributed by atoms with Crippen molar-refractivity contribution in [1.29, 1.82) is 0 Å². The molecule has 2 aliphatic heterocycles. The van der Waals surface area contributed by atoms with Gasteiger partial charge >= 0.3 is 0 Å². The lowest BCUT2D eigenvalue weighted by Crippen LogP contribution is -2.50. The normalized spacial score (nSPS) is 35.4. The Kier molecular flexibility index (Phi) is 3.57. The Hall–Kier alpha value is -0.120. The molecule has 2 rings (SSSR count). The van der Waals surface area contributed by atoms with Gasteiger partial charge in [0.15, 0.2) is 0 Å². The Morgan fingerprint density at radius 3 is 2.56 bits per heavy atom. The number of likely N-dealkylation sites (tertiary alicyclic amines) is 1. The molecule has 0 bridgehead atoms. The third kappa shape index (κ3) is 2.41. The van der Waals surface area contributed by atoms with Crippen LogP contribution in [0, 0.1) is 5.41 Å². The quantitative estimate of drug-likeness (QED) is 0.796. The minimum Gasteiger partial charge on any atom is -0.396 e. The van der Waals surface area contributed by atoms with Gasteiger partial charge in [-0.25, -0.2) is 0 Å². The van der Waals surface area contributed by atoms with Crippen molar-refractivity contribution in [2.24, 2.45) is 5.41 Å². The van der Waals surface area contributed by atoms with Gasteiger partial charge < -0.3 is 9.84 Å². The van der Waals surface area contributed by atoms with Gasteiger partial charge in [0, 0.05) is 24.1 Å². The van der Waals surface area contributed by atoms with E-state index in [4.69, 9.17) is 4.74 Å². The fourth-order valence-corrected chi connectivity index (χ4v) is 3.07. The van der Waals surface area contributed by atoms with E-state index < -0.39 is 0 Å². The standard InChI is InChI=1S/C13H25NO2/c1-12(2)5-3-7-14(12)9-13(10-15)6-4-8-16-11-13/h15H,3-11H2,1-2H3. The SMILES string of the molecule is CC1(C)CCCN1CC1(CO)CCCOC1. The first-order chi connectivity index (χ1) is 7.58. The van der Waals surface area contributed by atoms with Crippen LogP contribution in [0.4, 0.5) is 0 Å². The number of hydrogen-bond donors (Lipinski definition) is 1. The Bertz CT molecular complexity index is 234. The lowest BCUT2D eigenvalue weighted by atomic mass is 9.82. The van der Waals surface area contributed by atoms with Crippen LogP contribution in [0.15, 0.2) is 0 Å². The molecule has 1 N–H and O–H groups in total. The van der Waals surface area contributed by atoms with E-state index in [1.807, 2.05) is 0 Å². The molecule has 3 nitrogen and oxygen atoms in total. The molecule has 1 unspecified atom stereocenters. The minimum absolute atomic E-state index is 0.000139. The van der Waals surface area contributed by atoms with E-state index in [1.54, 1.807) is 0 Å². The van der Waals surface area contributed by atoms with Gasteiger partial charge in [0.1, 0.15) is 0 Å². The van der Waals surface area contributed by atoms with Crippen LogP contribution < -0.4 is 0 Å². The van der Waals surface area contributed by atoms with Gasteiger partial charge in [-0.3, -0.25) is 4.90 Å². The van der Waals surface area contributed by atoms with Gasteiger partial charge in [-0.1, -0.05) is 0 Å². The predicted molar refractivity (Wildman–Crippen MR) is 64.5 cm³/mol. The Morgan fingerprint density at radius 1 is 1.25 bits per heavy atom. The summed E-state index contributed by atoms with van der Waals surface area (Å²) in [6, 6.07) is 0. The van der Waals surface area contributed by atoms with Crippen molar-refractivity contribution in [3.63, 3.8) is 0 Å². The highest BCUT2D eigenvalue weighted by Gasteiger charge is 2.40. The van der Waals surface area contributed by atoms with Gasteiger partial charge in [0.25, 0.3) is 0 Å². The summed E-state index contributed by atoms with van der Waals surface area (Å²) >= 11 is 0. The maximum absolute atomic E-state index is 9.67. The van der Waals surface area contributed by atoms with Crippen molar-refractivity contribution in [1.82, 2.24) is 4.90 Å². The third-order valence-corrected chi connectivity index (χ3v) is 4.34. The molecule has 0 aromatic carbocycles. The molecule has 2 aliphatic rings. The minimum atomic E-state index is -0.000139. The average Bonchev–Trinajstić information content (AvgIpc) is 2.60. The van der Waals surface area contributed by atoms with Crippen molar-refractivity contribution in [2.75, 3.05) is 32.9 Å². The summed E-state index contributed by atoms with van der Waals surface area (Å²) in [5.41, 5.74) is 0.305. The maximum atomic E-state index is 9.67. The van der Waals surface area contributed by atoms with Crippen LogP contribution in [-0.4, -0.2) is 48.5 Å². The Balaban J connectivity index is 2.00. The molecule has 2 fully saturated rings. The number of nitrogens with zero attached hydrogens (tertiary/aromatic N) is 1.